The summed E-state index contributed by atoms with van der Waals surface area (Å²) in [4.78, 5) is 9.01. The zero-order chi connectivity index (χ0) is 17.7. The maximum Gasteiger partial charge on any atom is 0.232 e. The highest BCUT2D eigenvalue weighted by Crippen LogP contribution is 2.62. The maximum atomic E-state index is 5.72. The Morgan fingerprint density at radius 1 is 1.20 bits per heavy atom. The fraction of sp³-hybridized carbons (Fsp3) is 0.632. The smallest absolute Gasteiger partial charge is 0.232 e. The first-order valence-electron chi connectivity index (χ1n) is 9.00. The van der Waals surface area contributed by atoms with Gasteiger partial charge in [-0.25, -0.2) is 0 Å². The molecule has 0 amide bonds. The quantitative estimate of drug-likeness (QED) is 0.789. The summed E-state index contributed by atoms with van der Waals surface area (Å²) in [7, 11) is 0. The molecule has 0 radical (unpaired) electrons. The summed E-state index contributed by atoms with van der Waals surface area (Å²) in [5, 5.41) is 7.84. The second-order valence-corrected chi connectivity index (χ2v) is 9.79. The van der Waals surface area contributed by atoms with Gasteiger partial charge in [-0.3, -0.25) is 4.98 Å². The maximum absolute atomic E-state index is 5.72. The lowest BCUT2D eigenvalue weighted by Crippen LogP contribution is -2.24. The Morgan fingerprint density at radius 2 is 1.96 bits per heavy atom. The van der Waals surface area contributed by atoms with Crippen molar-refractivity contribution >= 4 is 21.6 Å². The van der Waals surface area contributed by atoms with Crippen molar-refractivity contribution in [3.05, 3.63) is 34.6 Å². The molecule has 1 N–H and O–H groups in total. The van der Waals surface area contributed by atoms with Crippen LogP contribution in [0.25, 0.3) is 0 Å². The molecule has 2 aliphatic rings. The van der Waals surface area contributed by atoms with Crippen molar-refractivity contribution in [2.45, 2.75) is 63.7 Å². The Balaban J connectivity index is 1.48. The van der Waals surface area contributed by atoms with Crippen molar-refractivity contribution in [2.75, 3.05) is 11.9 Å². The monoisotopic (exact) mass is 404 g/mol. The third-order valence-corrected chi connectivity index (χ3v) is 6.34. The van der Waals surface area contributed by atoms with E-state index in [2.05, 4.69) is 58.2 Å². The van der Waals surface area contributed by atoms with Gasteiger partial charge in [0.2, 0.25) is 5.89 Å². The van der Waals surface area contributed by atoms with Crippen LogP contribution in [0.5, 0.6) is 0 Å². The van der Waals surface area contributed by atoms with Gasteiger partial charge in [0.15, 0.2) is 5.82 Å². The summed E-state index contributed by atoms with van der Waals surface area (Å²) in [6.07, 6.45) is 9.56. The van der Waals surface area contributed by atoms with E-state index in [0.717, 1.165) is 47.7 Å². The van der Waals surface area contributed by atoms with Gasteiger partial charge in [0.1, 0.15) is 0 Å². The summed E-state index contributed by atoms with van der Waals surface area (Å²) in [6.45, 7) is 7.36. The van der Waals surface area contributed by atoms with E-state index in [0.29, 0.717) is 5.41 Å². The Morgan fingerprint density at radius 3 is 2.60 bits per heavy atom. The minimum absolute atomic E-state index is 0.0675. The number of halogens is 1. The Kier molecular flexibility index (Phi) is 3.94. The summed E-state index contributed by atoms with van der Waals surface area (Å²) >= 11 is 3.48. The van der Waals surface area contributed by atoms with Gasteiger partial charge < -0.3 is 9.84 Å². The van der Waals surface area contributed by atoms with Crippen molar-refractivity contribution in [3.8, 4) is 0 Å². The van der Waals surface area contributed by atoms with Gasteiger partial charge in [0.05, 0.1) is 17.3 Å². The topological polar surface area (TPSA) is 63.8 Å². The average Bonchev–Trinajstić information content (AvgIpc) is 3.26. The van der Waals surface area contributed by atoms with Gasteiger partial charge in [0, 0.05) is 22.6 Å². The summed E-state index contributed by atoms with van der Waals surface area (Å²) in [5.74, 6) is 1.68. The minimum atomic E-state index is -0.0675. The van der Waals surface area contributed by atoms with Gasteiger partial charge in [-0.2, -0.15) is 4.98 Å². The molecule has 0 aromatic carbocycles. The molecular weight excluding hydrogens is 380 g/mol. The number of fused-ring (bicyclic) bond motifs is 2. The summed E-state index contributed by atoms with van der Waals surface area (Å²) in [6, 6.07) is 2.08. The lowest BCUT2D eigenvalue weighted by Gasteiger charge is -2.27. The highest BCUT2D eigenvalue weighted by Gasteiger charge is 2.57. The molecular formula is C19H25BrN4O. The lowest BCUT2D eigenvalue weighted by molar-refractivity contribution is 0.271. The third-order valence-electron chi connectivity index (χ3n) is 5.90. The molecule has 5 nitrogen and oxygen atoms in total. The van der Waals surface area contributed by atoms with E-state index in [1.165, 1.54) is 12.8 Å². The normalized spacial score (nSPS) is 28.5. The van der Waals surface area contributed by atoms with Crippen LogP contribution < -0.4 is 5.32 Å². The lowest BCUT2D eigenvalue weighted by atomic mass is 9.82. The number of rotatable bonds is 4. The molecule has 0 unspecified atom stereocenters. The number of aromatic nitrogens is 3. The molecule has 134 valence electrons. The van der Waals surface area contributed by atoms with Crippen molar-refractivity contribution in [2.24, 2.45) is 5.41 Å². The van der Waals surface area contributed by atoms with Crippen LogP contribution in [0.4, 0.5) is 5.69 Å². The van der Waals surface area contributed by atoms with Crippen molar-refractivity contribution in [3.63, 3.8) is 0 Å². The minimum Gasteiger partial charge on any atom is -0.383 e. The molecule has 6 heteroatoms. The van der Waals surface area contributed by atoms with Gasteiger partial charge in [-0.15, -0.1) is 0 Å². The Bertz CT molecular complexity index is 772. The molecule has 2 aromatic rings. The van der Waals surface area contributed by atoms with Crippen molar-refractivity contribution in [1.29, 1.82) is 0 Å². The van der Waals surface area contributed by atoms with E-state index in [9.17, 15) is 0 Å². The van der Waals surface area contributed by atoms with E-state index in [-0.39, 0.29) is 10.8 Å². The molecule has 2 saturated carbocycles. The highest BCUT2D eigenvalue weighted by molar-refractivity contribution is 9.10. The largest absolute Gasteiger partial charge is 0.383 e. The highest BCUT2D eigenvalue weighted by atomic mass is 79.9. The average molecular weight is 405 g/mol. The standard InChI is InChI=1S/C19H25BrN4O/c1-17(2,3)15-23-16(25-24-15)19-6-4-18(11-19,5-7-19)12-22-14-8-13(20)9-21-10-14/h8-10,22H,4-7,11-12H2,1-3H3. The molecule has 2 bridgehead atoms. The molecule has 2 heterocycles. The predicted octanol–water partition coefficient (Wildman–Crippen LogP) is 4.84. The van der Waals surface area contributed by atoms with Crippen LogP contribution in [0.3, 0.4) is 0 Å². The Hall–Kier alpha value is -1.43. The van der Waals surface area contributed by atoms with E-state index < -0.39 is 0 Å². The SMILES string of the molecule is CC(C)(C)c1noc(C23CCC(CNc4cncc(Br)c4)(CC2)C3)n1. The number of hydrogen-bond acceptors (Lipinski definition) is 5. The van der Waals surface area contributed by atoms with Gasteiger partial charge >= 0.3 is 0 Å². The fourth-order valence-electron chi connectivity index (χ4n) is 4.40. The first-order valence-corrected chi connectivity index (χ1v) is 9.79. The first-order chi connectivity index (χ1) is 11.8. The van der Waals surface area contributed by atoms with Crippen LogP contribution in [-0.2, 0) is 10.8 Å². The van der Waals surface area contributed by atoms with Gasteiger partial charge in [0.25, 0.3) is 0 Å². The van der Waals surface area contributed by atoms with Crippen LogP contribution in [-0.4, -0.2) is 21.7 Å². The molecule has 0 saturated heterocycles. The molecule has 2 aromatic heterocycles. The Labute approximate surface area is 157 Å². The molecule has 4 rings (SSSR count). The van der Waals surface area contributed by atoms with E-state index >= 15 is 0 Å². The van der Waals surface area contributed by atoms with Gasteiger partial charge in [-0.1, -0.05) is 25.9 Å². The number of nitrogens with one attached hydrogen (secondary N) is 1. The fourth-order valence-corrected chi connectivity index (χ4v) is 4.77. The van der Waals surface area contributed by atoms with Crippen molar-refractivity contribution < 1.29 is 4.52 Å². The third kappa shape index (κ3) is 3.09. The molecule has 2 fully saturated rings. The molecule has 25 heavy (non-hydrogen) atoms. The van der Waals surface area contributed by atoms with E-state index in [1.54, 1.807) is 0 Å². The molecule has 0 spiro atoms. The number of hydrogen-bond donors (Lipinski definition) is 1. The van der Waals surface area contributed by atoms with Crippen molar-refractivity contribution in [1.82, 2.24) is 15.1 Å². The zero-order valence-corrected chi connectivity index (χ0v) is 16.7. The number of anilines is 1. The first kappa shape index (κ1) is 17.0. The molecule has 2 aliphatic carbocycles. The second-order valence-electron chi connectivity index (χ2n) is 8.88. The summed E-state index contributed by atoms with van der Waals surface area (Å²) < 4.78 is 6.72. The van der Waals surface area contributed by atoms with Crippen LogP contribution in [0.2, 0.25) is 0 Å². The summed E-state index contributed by atoms with van der Waals surface area (Å²) in [5.41, 5.74) is 1.43. The van der Waals surface area contributed by atoms with Crippen LogP contribution in [0.15, 0.2) is 27.5 Å². The van der Waals surface area contributed by atoms with Crippen LogP contribution >= 0.6 is 15.9 Å². The molecule has 0 aliphatic heterocycles. The van der Waals surface area contributed by atoms with E-state index in [1.807, 2.05) is 12.4 Å². The van der Waals surface area contributed by atoms with E-state index in [4.69, 9.17) is 9.51 Å². The molecule has 0 atom stereocenters. The number of nitrogens with zero attached hydrogens (tertiary/aromatic N) is 3. The predicted molar refractivity (Wildman–Crippen MR) is 101 cm³/mol. The second kappa shape index (κ2) is 5.79. The van der Waals surface area contributed by atoms with Crippen LogP contribution in [0, 0.1) is 5.41 Å². The number of pyridine rings is 1. The van der Waals surface area contributed by atoms with Gasteiger partial charge in [-0.05, 0) is 59.5 Å². The zero-order valence-electron chi connectivity index (χ0n) is 15.1. The van der Waals surface area contributed by atoms with Crippen LogP contribution in [0.1, 0.15) is 64.6 Å².